The number of hydrogen-bond acceptors (Lipinski definition) is 6. The van der Waals surface area contributed by atoms with E-state index in [2.05, 4.69) is 52.3 Å². The SMILES string of the molecule is COC(=O)CN(C(C)=O)N1CN(c2ccccc2)C2(CCN(Cc3cccc4ccccc34)CC2)C1=O. The van der Waals surface area contributed by atoms with E-state index in [0.29, 0.717) is 12.8 Å². The van der Waals surface area contributed by atoms with E-state index in [1.165, 1.54) is 40.4 Å². The first kappa shape index (κ1) is 24.8. The van der Waals surface area contributed by atoms with Gasteiger partial charge in [0.15, 0.2) is 0 Å². The Balaban J connectivity index is 1.40. The van der Waals surface area contributed by atoms with E-state index in [1.807, 2.05) is 30.3 Å². The molecule has 2 aliphatic heterocycles. The fraction of sp³-hybridized carbons (Fsp3) is 0.345. The maximum Gasteiger partial charge on any atom is 0.327 e. The number of rotatable bonds is 6. The van der Waals surface area contributed by atoms with Crippen molar-refractivity contribution in [1.82, 2.24) is 14.9 Å². The van der Waals surface area contributed by atoms with Gasteiger partial charge in [-0.1, -0.05) is 60.7 Å². The molecule has 0 bridgehead atoms. The van der Waals surface area contributed by atoms with Gasteiger partial charge >= 0.3 is 5.97 Å². The highest BCUT2D eigenvalue weighted by atomic mass is 16.5. The molecule has 0 atom stereocenters. The van der Waals surface area contributed by atoms with Crippen LogP contribution in [0.5, 0.6) is 0 Å². The molecule has 0 aliphatic carbocycles. The Morgan fingerprint density at radius 1 is 0.946 bits per heavy atom. The van der Waals surface area contributed by atoms with Crippen LogP contribution in [0, 0.1) is 0 Å². The van der Waals surface area contributed by atoms with Crippen LogP contribution in [0.2, 0.25) is 0 Å². The molecule has 0 N–H and O–H groups in total. The molecule has 0 radical (unpaired) electrons. The van der Waals surface area contributed by atoms with Crippen LogP contribution in [-0.2, 0) is 25.7 Å². The average Bonchev–Trinajstić information content (AvgIpc) is 3.20. The highest BCUT2D eigenvalue weighted by molar-refractivity contribution is 5.95. The number of carbonyl (C=O) groups excluding carboxylic acids is 3. The third-order valence-electron chi connectivity index (χ3n) is 7.61. The maximum atomic E-state index is 14.0. The van der Waals surface area contributed by atoms with Gasteiger partial charge in [0.25, 0.3) is 5.91 Å². The summed E-state index contributed by atoms with van der Waals surface area (Å²) in [5, 5.41) is 5.10. The van der Waals surface area contributed by atoms with Crippen LogP contribution in [0.1, 0.15) is 25.3 Å². The fourth-order valence-corrected chi connectivity index (χ4v) is 5.60. The number of para-hydroxylation sites is 1. The molecule has 3 aromatic rings. The minimum Gasteiger partial charge on any atom is -0.468 e. The highest BCUT2D eigenvalue weighted by Gasteiger charge is 2.55. The lowest BCUT2D eigenvalue weighted by atomic mass is 9.85. The second-order valence-corrected chi connectivity index (χ2v) is 9.71. The number of nitrogens with zero attached hydrogens (tertiary/aromatic N) is 4. The van der Waals surface area contributed by atoms with E-state index in [4.69, 9.17) is 4.74 Å². The number of ether oxygens (including phenoxy) is 1. The molecule has 0 unspecified atom stereocenters. The van der Waals surface area contributed by atoms with Gasteiger partial charge in [-0.25, -0.2) is 10.0 Å². The molecule has 8 heteroatoms. The number of anilines is 1. The number of piperidine rings is 1. The number of hydrogen-bond donors (Lipinski definition) is 0. The quantitative estimate of drug-likeness (QED) is 0.483. The Morgan fingerprint density at radius 2 is 1.62 bits per heavy atom. The van der Waals surface area contributed by atoms with Gasteiger partial charge in [-0.3, -0.25) is 19.3 Å². The molecule has 1 spiro atoms. The first-order valence-corrected chi connectivity index (χ1v) is 12.6. The van der Waals surface area contributed by atoms with Crippen LogP contribution >= 0.6 is 0 Å². The van der Waals surface area contributed by atoms with E-state index in [-0.39, 0.29) is 25.0 Å². The zero-order chi connectivity index (χ0) is 26.0. The van der Waals surface area contributed by atoms with Crippen LogP contribution in [0.3, 0.4) is 0 Å². The molecule has 3 aromatic carbocycles. The minimum absolute atomic E-state index is 0.153. The molecule has 37 heavy (non-hydrogen) atoms. The Morgan fingerprint density at radius 3 is 2.32 bits per heavy atom. The second-order valence-electron chi connectivity index (χ2n) is 9.71. The van der Waals surface area contributed by atoms with E-state index in [0.717, 1.165) is 25.3 Å². The third kappa shape index (κ3) is 4.64. The van der Waals surface area contributed by atoms with Crippen molar-refractivity contribution in [2.75, 3.05) is 38.3 Å². The van der Waals surface area contributed by atoms with Crippen LogP contribution < -0.4 is 4.90 Å². The van der Waals surface area contributed by atoms with Gasteiger partial charge in [0.2, 0.25) is 5.91 Å². The maximum absolute atomic E-state index is 14.0. The first-order valence-electron chi connectivity index (χ1n) is 12.6. The van der Waals surface area contributed by atoms with Gasteiger partial charge in [0.1, 0.15) is 18.8 Å². The van der Waals surface area contributed by atoms with Crippen molar-refractivity contribution in [3.05, 3.63) is 78.4 Å². The van der Waals surface area contributed by atoms with Crippen LogP contribution in [0.25, 0.3) is 10.8 Å². The van der Waals surface area contributed by atoms with Crippen molar-refractivity contribution in [3.63, 3.8) is 0 Å². The Labute approximate surface area is 217 Å². The first-order chi connectivity index (χ1) is 17.9. The van der Waals surface area contributed by atoms with Crippen LogP contribution in [-0.4, -0.2) is 71.7 Å². The molecule has 0 aromatic heterocycles. The van der Waals surface area contributed by atoms with E-state index in [1.54, 1.807) is 0 Å². The Bertz CT molecular complexity index is 1300. The van der Waals surface area contributed by atoms with Gasteiger partial charge in [-0.2, -0.15) is 0 Å². The second kappa shape index (κ2) is 10.2. The van der Waals surface area contributed by atoms with Gasteiger partial charge in [-0.05, 0) is 41.3 Å². The Hall–Kier alpha value is -3.91. The topological polar surface area (TPSA) is 73.4 Å². The summed E-state index contributed by atoms with van der Waals surface area (Å²) in [6.45, 7) is 3.54. The van der Waals surface area contributed by atoms with E-state index in [9.17, 15) is 14.4 Å². The monoisotopic (exact) mass is 500 g/mol. The molecule has 2 saturated heterocycles. The Kier molecular flexibility index (Phi) is 6.84. The van der Waals surface area contributed by atoms with Crippen molar-refractivity contribution in [3.8, 4) is 0 Å². The summed E-state index contributed by atoms with van der Waals surface area (Å²) >= 11 is 0. The van der Waals surface area contributed by atoms with Gasteiger partial charge in [0.05, 0.1) is 7.11 Å². The van der Waals surface area contributed by atoms with Crippen molar-refractivity contribution < 1.29 is 19.1 Å². The molecular formula is C29H32N4O4. The number of amides is 2. The number of fused-ring (bicyclic) bond motifs is 1. The predicted molar refractivity (Wildman–Crippen MR) is 141 cm³/mol. The molecule has 0 saturated carbocycles. The molecule has 2 fully saturated rings. The highest BCUT2D eigenvalue weighted by Crippen LogP contribution is 2.40. The minimum atomic E-state index is -0.791. The van der Waals surface area contributed by atoms with Crippen molar-refractivity contribution in [1.29, 1.82) is 0 Å². The van der Waals surface area contributed by atoms with E-state index >= 15 is 0 Å². The zero-order valence-electron chi connectivity index (χ0n) is 21.3. The summed E-state index contributed by atoms with van der Waals surface area (Å²) in [5.41, 5.74) is 1.40. The largest absolute Gasteiger partial charge is 0.468 e. The summed E-state index contributed by atoms with van der Waals surface area (Å²) in [7, 11) is 1.27. The summed E-state index contributed by atoms with van der Waals surface area (Å²) in [5.74, 6) is -1.10. The standard InChI is InChI=1S/C29H32N4O4/c1-22(34)32(20-27(35)37-2)33-21-31(25-12-4-3-5-13-25)29(28(33)36)15-17-30(18-16-29)19-24-11-8-10-23-9-6-7-14-26(23)24/h3-14H,15-21H2,1-2H3. The van der Waals surface area contributed by atoms with Crippen molar-refractivity contribution in [2.24, 2.45) is 0 Å². The number of methoxy groups -OCH3 is 1. The smallest absolute Gasteiger partial charge is 0.327 e. The molecule has 2 heterocycles. The molecule has 2 aliphatic rings. The van der Waals surface area contributed by atoms with Crippen molar-refractivity contribution in [2.45, 2.75) is 31.8 Å². The molecule has 2 amide bonds. The lowest BCUT2D eigenvalue weighted by Crippen LogP contribution is -2.57. The average molecular weight is 501 g/mol. The third-order valence-corrected chi connectivity index (χ3v) is 7.61. The summed E-state index contributed by atoms with van der Waals surface area (Å²) in [6, 6.07) is 24.6. The van der Waals surface area contributed by atoms with Crippen molar-refractivity contribution >= 4 is 34.2 Å². The molecule has 5 rings (SSSR count). The molecular weight excluding hydrogens is 468 g/mol. The molecule has 192 valence electrons. The number of hydrazine groups is 1. The lowest BCUT2D eigenvalue weighted by molar-refractivity contribution is -0.167. The lowest BCUT2D eigenvalue weighted by Gasteiger charge is -2.43. The van der Waals surface area contributed by atoms with Crippen LogP contribution in [0.15, 0.2) is 72.8 Å². The van der Waals surface area contributed by atoms with Crippen LogP contribution in [0.4, 0.5) is 5.69 Å². The number of benzene rings is 3. The summed E-state index contributed by atoms with van der Waals surface area (Å²) in [4.78, 5) is 43.1. The number of likely N-dealkylation sites (tertiary alicyclic amines) is 1. The normalized spacial score (nSPS) is 17.4. The van der Waals surface area contributed by atoms with Gasteiger partial charge < -0.3 is 9.64 Å². The fourth-order valence-electron chi connectivity index (χ4n) is 5.60. The van der Waals surface area contributed by atoms with E-state index < -0.39 is 11.5 Å². The predicted octanol–water partition coefficient (Wildman–Crippen LogP) is 3.42. The molecule has 8 nitrogen and oxygen atoms in total. The number of carbonyl (C=O) groups is 3. The van der Waals surface area contributed by atoms with Gasteiger partial charge in [0, 0.05) is 32.2 Å². The van der Waals surface area contributed by atoms with Gasteiger partial charge in [-0.15, -0.1) is 0 Å². The summed E-state index contributed by atoms with van der Waals surface area (Å²) in [6.07, 6.45) is 1.23. The zero-order valence-corrected chi connectivity index (χ0v) is 21.3. The summed E-state index contributed by atoms with van der Waals surface area (Å²) < 4.78 is 4.78. The number of esters is 1.